The Hall–Kier alpha value is -2.33. The van der Waals surface area contributed by atoms with Crippen molar-refractivity contribution in [2.75, 3.05) is 19.6 Å². The van der Waals surface area contributed by atoms with Crippen molar-refractivity contribution in [3.8, 4) is 11.1 Å². The highest BCUT2D eigenvalue weighted by Crippen LogP contribution is 2.26. The van der Waals surface area contributed by atoms with E-state index in [0.717, 1.165) is 24.1 Å². The second-order valence-electron chi connectivity index (χ2n) is 8.01. The maximum absolute atomic E-state index is 12.6. The van der Waals surface area contributed by atoms with Gasteiger partial charge in [-0.25, -0.2) is 0 Å². The summed E-state index contributed by atoms with van der Waals surface area (Å²) in [4.78, 5) is 15.1. The van der Waals surface area contributed by atoms with Gasteiger partial charge in [-0.3, -0.25) is 9.69 Å². The third-order valence-corrected chi connectivity index (χ3v) is 6.28. The average molecular weight is 453 g/mol. The van der Waals surface area contributed by atoms with Gasteiger partial charge in [-0.2, -0.15) is 0 Å². The van der Waals surface area contributed by atoms with Gasteiger partial charge in [0.05, 0.1) is 10.6 Å². The Morgan fingerprint density at radius 1 is 0.839 bits per heavy atom. The number of carbonyl (C=O) groups excluding carboxylic acids is 1. The first-order valence-corrected chi connectivity index (χ1v) is 11.5. The highest BCUT2D eigenvalue weighted by Gasteiger charge is 2.13. The van der Waals surface area contributed by atoms with E-state index in [4.69, 9.17) is 23.2 Å². The van der Waals surface area contributed by atoms with E-state index in [9.17, 15) is 4.79 Å². The molecule has 1 amide bonds. The number of nitrogens with zero attached hydrogens (tertiary/aromatic N) is 1. The van der Waals surface area contributed by atoms with E-state index in [-0.39, 0.29) is 5.91 Å². The molecule has 3 aromatic rings. The van der Waals surface area contributed by atoms with Gasteiger partial charge in [0, 0.05) is 18.1 Å². The van der Waals surface area contributed by atoms with E-state index >= 15 is 0 Å². The third-order valence-electron chi connectivity index (χ3n) is 5.72. The fourth-order valence-corrected chi connectivity index (χ4v) is 4.34. The van der Waals surface area contributed by atoms with Crippen molar-refractivity contribution >= 4 is 29.1 Å². The molecule has 1 heterocycles. The number of nitrogens with one attached hydrogen (secondary N) is 1. The Balaban J connectivity index is 1.29. The highest BCUT2D eigenvalue weighted by atomic mass is 35.5. The molecule has 1 fully saturated rings. The molecule has 1 aliphatic rings. The third kappa shape index (κ3) is 5.88. The van der Waals surface area contributed by atoms with Crippen LogP contribution in [-0.2, 0) is 13.0 Å². The van der Waals surface area contributed by atoms with Crippen LogP contribution in [0.4, 0.5) is 0 Å². The Morgan fingerprint density at radius 3 is 2.16 bits per heavy atom. The van der Waals surface area contributed by atoms with Crippen molar-refractivity contribution in [1.29, 1.82) is 0 Å². The van der Waals surface area contributed by atoms with Gasteiger partial charge in [-0.15, -0.1) is 0 Å². The molecule has 1 saturated heterocycles. The summed E-state index contributed by atoms with van der Waals surface area (Å²) in [6, 6.07) is 21.8. The Kier molecular flexibility index (Phi) is 7.29. The zero-order valence-corrected chi connectivity index (χ0v) is 18.9. The summed E-state index contributed by atoms with van der Waals surface area (Å²) in [6.45, 7) is 4.01. The predicted octanol–water partition coefficient (Wildman–Crippen LogP) is 6.23. The van der Waals surface area contributed by atoms with Crippen LogP contribution in [0.5, 0.6) is 0 Å². The Morgan fingerprint density at radius 2 is 1.48 bits per heavy atom. The molecule has 1 aliphatic heterocycles. The number of amides is 1. The van der Waals surface area contributed by atoms with Gasteiger partial charge >= 0.3 is 0 Å². The molecule has 0 bridgehead atoms. The van der Waals surface area contributed by atoms with Crippen molar-refractivity contribution < 1.29 is 4.79 Å². The summed E-state index contributed by atoms with van der Waals surface area (Å²) in [6.07, 6.45) is 3.41. The van der Waals surface area contributed by atoms with Crippen LogP contribution in [0.25, 0.3) is 11.1 Å². The standard InChI is InChI=1S/C26H26Cl2N2O/c27-23-10-7-21(8-11-23)22-9-12-24(25(28)17-22)26(31)29-14-13-19-3-5-20(6-4-19)18-30-15-1-2-16-30/h3-12,17H,1-2,13-16,18H2,(H,29,31). The molecule has 4 rings (SSSR count). The van der Waals surface area contributed by atoms with E-state index in [1.165, 1.54) is 37.1 Å². The lowest BCUT2D eigenvalue weighted by molar-refractivity contribution is 0.0954. The van der Waals surface area contributed by atoms with Crippen LogP contribution in [0.15, 0.2) is 66.7 Å². The first-order chi connectivity index (χ1) is 15.1. The number of rotatable bonds is 7. The molecule has 0 radical (unpaired) electrons. The topological polar surface area (TPSA) is 32.3 Å². The summed E-state index contributed by atoms with van der Waals surface area (Å²) in [5.74, 6) is -0.154. The number of halogens is 2. The van der Waals surface area contributed by atoms with Crippen molar-refractivity contribution in [3.05, 3.63) is 93.5 Å². The molecule has 5 heteroatoms. The lowest BCUT2D eigenvalue weighted by Gasteiger charge is -2.14. The van der Waals surface area contributed by atoms with Crippen molar-refractivity contribution in [1.82, 2.24) is 10.2 Å². The van der Waals surface area contributed by atoms with E-state index in [1.807, 2.05) is 36.4 Å². The minimum absolute atomic E-state index is 0.154. The van der Waals surface area contributed by atoms with E-state index < -0.39 is 0 Å². The van der Waals surface area contributed by atoms with Crippen LogP contribution < -0.4 is 5.32 Å². The highest BCUT2D eigenvalue weighted by molar-refractivity contribution is 6.34. The smallest absolute Gasteiger partial charge is 0.252 e. The fourth-order valence-electron chi connectivity index (χ4n) is 3.95. The van der Waals surface area contributed by atoms with Crippen LogP contribution >= 0.6 is 23.2 Å². The van der Waals surface area contributed by atoms with Gasteiger partial charge in [0.25, 0.3) is 5.91 Å². The van der Waals surface area contributed by atoms with Gasteiger partial charge in [-0.1, -0.05) is 65.7 Å². The van der Waals surface area contributed by atoms with Gasteiger partial charge in [0.15, 0.2) is 0 Å². The number of benzene rings is 3. The van der Waals surface area contributed by atoms with Crippen molar-refractivity contribution in [2.45, 2.75) is 25.8 Å². The van der Waals surface area contributed by atoms with Crippen LogP contribution in [0.1, 0.15) is 34.3 Å². The van der Waals surface area contributed by atoms with Gasteiger partial charge in [-0.05, 0) is 78.9 Å². The molecular formula is C26H26Cl2N2O. The fraction of sp³-hybridized carbons (Fsp3) is 0.269. The van der Waals surface area contributed by atoms with E-state index in [1.54, 1.807) is 6.07 Å². The molecule has 0 saturated carbocycles. The quantitative estimate of drug-likeness (QED) is 0.460. The minimum Gasteiger partial charge on any atom is -0.352 e. The first kappa shape index (κ1) is 21.9. The number of hydrogen-bond acceptors (Lipinski definition) is 2. The number of hydrogen-bond donors (Lipinski definition) is 1. The average Bonchev–Trinajstić information content (AvgIpc) is 3.28. The lowest BCUT2D eigenvalue weighted by atomic mass is 10.0. The zero-order chi connectivity index (χ0) is 21.6. The summed E-state index contributed by atoms with van der Waals surface area (Å²) < 4.78 is 0. The zero-order valence-electron chi connectivity index (χ0n) is 17.4. The van der Waals surface area contributed by atoms with Crippen LogP contribution in [0.2, 0.25) is 10.0 Å². The molecule has 3 nitrogen and oxygen atoms in total. The summed E-state index contributed by atoms with van der Waals surface area (Å²) >= 11 is 12.3. The summed E-state index contributed by atoms with van der Waals surface area (Å²) in [5.41, 5.74) is 5.01. The number of likely N-dealkylation sites (tertiary alicyclic amines) is 1. The molecule has 0 aromatic heterocycles. The summed E-state index contributed by atoms with van der Waals surface area (Å²) in [7, 11) is 0. The molecule has 0 aliphatic carbocycles. The second kappa shape index (κ2) is 10.3. The predicted molar refractivity (Wildman–Crippen MR) is 129 cm³/mol. The molecule has 0 atom stereocenters. The lowest BCUT2D eigenvalue weighted by Crippen LogP contribution is -2.26. The van der Waals surface area contributed by atoms with Crippen LogP contribution in [-0.4, -0.2) is 30.4 Å². The number of carbonyl (C=O) groups is 1. The minimum atomic E-state index is -0.154. The molecule has 31 heavy (non-hydrogen) atoms. The first-order valence-electron chi connectivity index (χ1n) is 10.7. The van der Waals surface area contributed by atoms with Crippen LogP contribution in [0, 0.1) is 0 Å². The molecule has 3 aromatic carbocycles. The molecule has 0 unspecified atom stereocenters. The molecule has 0 spiro atoms. The van der Waals surface area contributed by atoms with Gasteiger partial charge in [0.2, 0.25) is 0 Å². The van der Waals surface area contributed by atoms with Crippen molar-refractivity contribution in [2.24, 2.45) is 0 Å². The second-order valence-corrected chi connectivity index (χ2v) is 8.85. The van der Waals surface area contributed by atoms with Crippen LogP contribution in [0.3, 0.4) is 0 Å². The van der Waals surface area contributed by atoms with E-state index in [0.29, 0.717) is 22.2 Å². The SMILES string of the molecule is O=C(NCCc1ccc(CN2CCCC2)cc1)c1ccc(-c2ccc(Cl)cc2)cc1Cl. The summed E-state index contributed by atoms with van der Waals surface area (Å²) in [5, 5.41) is 4.11. The molecular weight excluding hydrogens is 427 g/mol. The van der Waals surface area contributed by atoms with Gasteiger partial charge < -0.3 is 5.32 Å². The maximum Gasteiger partial charge on any atom is 0.252 e. The van der Waals surface area contributed by atoms with Gasteiger partial charge in [0.1, 0.15) is 0 Å². The monoisotopic (exact) mass is 452 g/mol. The Labute approximate surface area is 194 Å². The van der Waals surface area contributed by atoms with E-state index in [2.05, 4.69) is 34.5 Å². The van der Waals surface area contributed by atoms with Crippen molar-refractivity contribution in [3.63, 3.8) is 0 Å². The molecule has 160 valence electrons. The Bertz CT molecular complexity index is 1030. The normalized spacial score (nSPS) is 14.0. The largest absolute Gasteiger partial charge is 0.352 e. The molecule has 1 N–H and O–H groups in total. The maximum atomic E-state index is 12.6.